The third-order valence-electron chi connectivity index (χ3n) is 5.86. The Morgan fingerprint density at radius 2 is 1.97 bits per heavy atom. The van der Waals surface area contributed by atoms with Crippen LogP contribution in [0.4, 0.5) is 4.39 Å². The second-order valence-electron chi connectivity index (χ2n) is 7.93. The maximum Gasteiger partial charge on any atom is 0.231 e. The first kappa shape index (κ1) is 19.3. The van der Waals surface area contributed by atoms with Gasteiger partial charge in [0, 0.05) is 23.7 Å². The van der Waals surface area contributed by atoms with Gasteiger partial charge in [0.1, 0.15) is 24.0 Å². The van der Waals surface area contributed by atoms with Crippen molar-refractivity contribution in [3.8, 4) is 11.5 Å². The Balaban J connectivity index is 1.44. The Labute approximate surface area is 173 Å². The Morgan fingerprint density at radius 1 is 1.20 bits per heavy atom. The molecule has 5 rings (SSSR count). The number of rotatable bonds is 2. The summed E-state index contributed by atoms with van der Waals surface area (Å²) in [6.07, 6.45) is 2.19. The zero-order valence-electron chi connectivity index (χ0n) is 16.4. The molecule has 0 aromatic heterocycles. The van der Waals surface area contributed by atoms with Gasteiger partial charge in [0.05, 0.1) is 17.1 Å². The van der Waals surface area contributed by atoms with E-state index in [2.05, 4.69) is 0 Å². The summed E-state index contributed by atoms with van der Waals surface area (Å²) in [5.41, 5.74) is 2.72. The molecule has 0 aliphatic carbocycles. The summed E-state index contributed by atoms with van der Waals surface area (Å²) >= 11 is 0. The molecule has 3 aliphatic rings. The highest BCUT2D eigenvalue weighted by Crippen LogP contribution is 2.43. The van der Waals surface area contributed by atoms with Crippen LogP contribution in [0.25, 0.3) is 6.08 Å². The van der Waals surface area contributed by atoms with Gasteiger partial charge in [-0.3, -0.25) is 9.69 Å². The fraction of sp³-hybridized carbons (Fsp3) is 0.318. The number of fused-ring (bicyclic) bond motifs is 2. The molecule has 1 atom stereocenters. The van der Waals surface area contributed by atoms with E-state index in [0.717, 1.165) is 11.1 Å². The molecule has 8 heteroatoms. The lowest BCUT2D eigenvalue weighted by Crippen LogP contribution is -2.41. The van der Waals surface area contributed by atoms with Crippen molar-refractivity contribution in [3.63, 3.8) is 0 Å². The van der Waals surface area contributed by atoms with Gasteiger partial charge in [0.25, 0.3) is 0 Å². The number of sulfone groups is 1. The van der Waals surface area contributed by atoms with E-state index in [1.807, 2.05) is 11.8 Å². The van der Waals surface area contributed by atoms with E-state index >= 15 is 0 Å². The molecule has 1 saturated heterocycles. The van der Waals surface area contributed by atoms with Gasteiger partial charge in [-0.05, 0) is 43.2 Å². The maximum absolute atomic E-state index is 13.1. The van der Waals surface area contributed by atoms with E-state index in [1.165, 1.54) is 12.1 Å². The van der Waals surface area contributed by atoms with Crippen molar-refractivity contribution in [2.75, 3.05) is 18.2 Å². The number of halogens is 1. The topological polar surface area (TPSA) is 72.9 Å². The molecule has 0 amide bonds. The molecule has 1 fully saturated rings. The van der Waals surface area contributed by atoms with Gasteiger partial charge < -0.3 is 9.47 Å². The molecule has 156 valence electrons. The number of Topliss-reactive ketones (excluding diaryl/α,β-unsaturated/α-hetero) is 1. The Bertz CT molecular complexity index is 1190. The van der Waals surface area contributed by atoms with Crippen LogP contribution in [0.2, 0.25) is 0 Å². The average molecular weight is 429 g/mol. The molecule has 0 bridgehead atoms. The molecule has 3 aliphatic heterocycles. The number of allylic oxidation sites excluding steroid dienone is 1. The van der Waals surface area contributed by atoms with E-state index in [-0.39, 0.29) is 34.9 Å². The Kier molecular flexibility index (Phi) is 4.44. The summed E-state index contributed by atoms with van der Waals surface area (Å²) in [5.74, 6) is 1.10. The number of hydrogen-bond acceptors (Lipinski definition) is 6. The predicted octanol–water partition coefficient (Wildman–Crippen LogP) is 3.09. The summed E-state index contributed by atoms with van der Waals surface area (Å²) in [4.78, 5) is 14.9. The molecule has 2 aromatic rings. The van der Waals surface area contributed by atoms with Crippen LogP contribution in [0.3, 0.4) is 0 Å². The molecule has 2 aromatic carbocycles. The molecule has 3 heterocycles. The van der Waals surface area contributed by atoms with Gasteiger partial charge in [-0.15, -0.1) is 0 Å². The Morgan fingerprint density at radius 3 is 2.67 bits per heavy atom. The van der Waals surface area contributed by atoms with Crippen molar-refractivity contribution in [2.24, 2.45) is 0 Å². The second-order valence-corrected chi connectivity index (χ2v) is 10.2. The number of carbonyl (C=O) groups is 1. The van der Waals surface area contributed by atoms with Gasteiger partial charge in [-0.25, -0.2) is 12.8 Å². The molecule has 0 radical (unpaired) electrons. The first-order chi connectivity index (χ1) is 14.3. The molecule has 0 N–H and O–H groups in total. The number of ketones is 1. The van der Waals surface area contributed by atoms with Crippen molar-refractivity contribution in [1.82, 2.24) is 4.90 Å². The summed E-state index contributed by atoms with van der Waals surface area (Å²) < 4.78 is 48.6. The SMILES string of the molecule is Cc1c2c(cc3c1O/C(=C/c1ccc(F)cc1)C3=O)CN([C@@H]1CCS(=O)(=O)C1)CO2. The molecule has 6 nitrogen and oxygen atoms in total. The fourth-order valence-corrected chi connectivity index (χ4v) is 6.04. The van der Waals surface area contributed by atoms with Crippen LogP contribution in [0, 0.1) is 12.7 Å². The van der Waals surface area contributed by atoms with Gasteiger partial charge in [-0.1, -0.05) is 12.1 Å². The average Bonchev–Trinajstić information content (AvgIpc) is 3.23. The van der Waals surface area contributed by atoms with Crippen molar-refractivity contribution >= 4 is 21.7 Å². The standard InChI is InChI=1S/C22H20FNO5S/c1-13-21-15(10-24(12-28-21)17-6-7-30(26,27)11-17)9-18-20(25)19(29-22(13)18)8-14-2-4-16(23)5-3-14/h2-5,8-9,17H,6-7,10-12H2,1H3/b19-8+/t17-/m1/s1. The minimum atomic E-state index is -2.99. The quantitative estimate of drug-likeness (QED) is 0.684. The molecule has 30 heavy (non-hydrogen) atoms. The van der Waals surface area contributed by atoms with Gasteiger partial charge >= 0.3 is 0 Å². The van der Waals surface area contributed by atoms with E-state index in [4.69, 9.17) is 9.47 Å². The van der Waals surface area contributed by atoms with Crippen molar-refractivity contribution in [3.05, 3.63) is 64.2 Å². The fourth-order valence-electron chi connectivity index (χ4n) is 4.27. The second kappa shape index (κ2) is 6.92. The van der Waals surface area contributed by atoms with Crippen LogP contribution < -0.4 is 9.47 Å². The number of ether oxygens (including phenoxy) is 2. The van der Waals surface area contributed by atoms with Gasteiger partial charge in [0.2, 0.25) is 5.78 Å². The normalized spacial score (nSPS) is 23.7. The smallest absolute Gasteiger partial charge is 0.231 e. The van der Waals surface area contributed by atoms with Crippen LogP contribution in [0.5, 0.6) is 11.5 Å². The first-order valence-corrected chi connectivity index (χ1v) is 11.6. The lowest BCUT2D eigenvalue weighted by atomic mass is 9.99. The largest absolute Gasteiger partial charge is 0.477 e. The molecule has 0 saturated carbocycles. The minimum absolute atomic E-state index is 0.0717. The monoisotopic (exact) mass is 429 g/mol. The summed E-state index contributed by atoms with van der Waals surface area (Å²) in [6.45, 7) is 2.68. The maximum atomic E-state index is 13.1. The lowest BCUT2D eigenvalue weighted by molar-refractivity contribution is 0.0637. The van der Waals surface area contributed by atoms with E-state index in [1.54, 1.807) is 24.3 Å². The van der Waals surface area contributed by atoms with E-state index < -0.39 is 9.84 Å². The lowest BCUT2D eigenvalue weighted by Gasteiger charge is -2.33. The van der Waals surface area contributed by atoms with E-state index in [0.29, 0.717) is 42.3 Å². The molecule has 0 unspecified atom stereocenters. The van der Waals surface area contributed by atoms with Crippen LogP contribution in [-0.2, 0) is 16.4 Å². The molecular weight excluding hydrogens is 409 g/mol. The van der Waals surface area contributed by atoms with E-state index in [9.17, 15) is 17.6 Å². The predicted molar refractivity (Wildman–Crippen MR) is 109 cm³/mol. The van der Waals surface area contributed by atoms with Crippen molar-refractivity contribution < 1.29 is 27.1 Å². The van der Waals surface area contributed by atoms with Crippen LogP contribution >= 0.6 is 0 Å². The summed E-state index contributed by atoms with van der Waals surface area (Å²) in [6, 6.07) is 7.52. The van der Waals surface area contributed by atoms with Crippen molar-refractivity contribution in [1.29, 1.82) is 0 Å². The van der Waals surface area contributed by atoms with Gasteiger partial charge in [0.15, 0.2) is 15.6 Å². The van der Waals surface area contributed by atoms with Gasteiger partial charge in [-0.2, -0.15) is 0 Å². The molecular formula is C22H20FNO5S. The minimum Gasteiger partial charge on any atom is -0.477 e. The zero-order valence-corrected chi connectivity index (χ0v) is 17.2. The Hall–Kier alpha value is -2.71. The highest BCUT2D eigenvalue weighted by Gasteiger charge is 2.37. The molecule has 0 spiro atoms. The van der Waals surface area contributed by atoms with Crippen LogP contribution in [-0.4, -0.2) is 43.4 Å². The number of benzene rings is 2. The number of hydrogen-bond donors (Lipinski definition) is 0. The highest BCUT2D eigenvalue weighted by molar-refractivity contribution is 7.91. The van der Waals surface area contributed by atoms with Crippen molar-refractivity contribution in [2.45, 2.75) is 25.9 Å². The van der Waals surface area contributed by atoms with Crippen LogP contribution in [0.15, 0.2) is 36.1 Å². The third-order valence-corrected chi connectivity index (χ3v) is 7.61. The summed E-state index contributed by atoms with van der Waals surface area (Å²) in [7, 11) is -2.99. The zero-order chi connectivity index (χ0) is 21.0. The highest BCUT2D eigenvalue weighted by atomic mass is 32.2. The van der Waals surface area contributed by atoms with Crippen LogP contribution in [0.1, 0.15) is 33.5 Å². The number of nitrogens with zero attached hydrogens (tertiary/aromatic N) is 1. The summed E-state index contributed by atoms with van der Waals surface area (Å²) in [5, 5.41) is 0. The number of carbonyl (C=O) groups excluding carboxylic acids is 1. The first-order valence-electron chi connectivity index (χ1n) is 9.74. The third kappa shape index (κ3) is 3.30.